The van der Waals surface area contributed by atoms with Crippen molar-refractivity contribution in [1.82, 2.24) is 14.3 Å². The summed E-state index contributed by atoms with van der Waals surface area (Å²) in [5.74, 6) is 0. The first-order valence-corrected chi connectivity index (χ1v) is 6.34. The van der Waals surface area contributed by atoms with Crippen LogP contribution in [0, 0.1) is 0 Å². The second-order valence-electron chi connectivity index (χ2n) is 3.18. The smallest absolute Gasteiger partial charge is 0.279 e. The molecule has 0 saturated carbocycles. The zero-order valence-electron chi connectivity index (χ0n) is 9.21. The van der Waals surface area contributed by atoms with Gasteiger partial charge in [-0.05, 0) is 26.4 Å². The Kier molecular flexibility index (Phi) is 7.08. The summed E-state index contributed by atoms with van der Waals surface area (Å²) in [5, 5.41) is 2.96. The number of rotatable bonds is 8. The van der Waals surface area contributed by atoms with E-state index in [1.165, 1.54) is 4.31 Å². The molecule has 0 unspecified atom stereocenters. The van der Waals surface area contributed by atoms with E-state index in [2.05, 4.69) is 10.0 Å². The fraction of sp³-hybridized carbons (Fsp3) is 1.00. The molecule has 14 heavy (non-hydrogen) atoms. The summed E-state index contributed by atoms with van der Waals surface area (Å²) in [6.07, 6.45) is 1.63. The summed E-state index contributed by atoms with van der Waals surface area (Å²) >= 11 is 0. The lowest BCUT2D eigenvalue weighted by molar-refractivity contribution is 0.456. The van der Waals surface area contributed by atoms with Gasteiger partial charge >= 0.3 is 0 Å². The van der Waals surface area contributed by atoms with E-state index < -0.39 is 10.2 Å². The Morgan fingerprint density at radius 2 is 1.93 bits per heavy atom. The molecule has 0 atom stereocenters. The van der Waals surface area contributed by atoms with E-state index in [9.17, 15) is 8.42 Å². The molecule has 2 N–H and O–H groups in total. The lowest BCUT2D eigenvalue weighted by atomic mass is 10.4. The van der Waals surface area contributed by atoms with E-state index in [1.54, 1.807) is 7.05 Å². The number of hydrogen-bond acceptors (Lipinski definition) is 3. The lowest BCUT2D eigenvalue weighted by Crippen LogP contribution is -2.39. The summed E-state index contributed by atoms with van der Waals surface area (Å²) < 4.78 is 26.8. The van der Waals surface area contributed by atoms with Crippen molar-refractivity contribution in [2.75, 3.05) is 33.7 Å². The van der Waals surface area contributed by atoms with Gasteiger partial charge in [-0.25, -0.2) is 4.72 Å². The van der Waals surface area contributed by atoms with E-state index in [0.29, 0.717) is 13.1 Å². The van der Waals surface area contributed by atoms with Crippen LogP contribution in [0.25, 0.3) is 0 Å². The molecule has 0 aromatic heterocycles. The second kappa shape index (κ2) is 7.17. The fourth-order valence-electron chi connectivity index (χ4n) is 1.01. The molecular weight excluding hydrogens is 202 g/mol. The highest BCUT2D eigenvalue weighted by Gasteiger charge is 2.14. The first-order chi connectivity index (χ1) is 6.54. The summed E-state index contributed by atoms with van der Waals surface area (Å²) in [4.78, 5) is 0. The minimum absolute atomic E-state index is 0.483. The Morgan fingerprint density at radius 1 is 1.29 bits per heavy atom. The predicted octanol–water partition coefficient (Wildman–Crippen LogP) is -0.228. The summed E-state index contributed by atoms with van der Waals surface area (Å²) in [6, 6.07) is 0. The maximum absolute atomic E-state index is 11.5. The topological polar surface area (TPSA) is 61.4 Å². The van der Waals surface area contributed by atoms with Gasteiger partial charge in [0.05, 0.1) is 0 Å². The Morgan fingerprint density at radius 3 is 2.43 bits per heavy atom. The minimum atomic E-state index is -3.25. The third kappa shape index (κ3) is 5.54. The summed E-state index contributed by atoms with van der Waals surface area (Å²) in [5.41, 5.74) is 0. The minimum Gasteiger partial charge on any atom is -0.320 e. The molecule has 5 nitrogen and oxygen atoms in total. The molecule has 6 heteroatoms. The number of nitrogens with one attached hydrogen (secondary N) is 2. The van der Waals surface area contributed by atoms with Gasteiger partial charge in [-0.1, -0.05) is 6.92 Å². The van der Waals surface area contributed by atoms with Gasteiger partial charge < -0.3 is 5.32 Å². The molecule has 0 saturated heterocycles. The quantitative estimate of drug-likeness (QED) is 0.559. The molecule has 0 bridgehead atoms. The third-order valence-electron chi connectivity index (χ3n) is 1.84. The van der Waals surface area contributed by atoms with E-state index >= 15 is 0 Å². The van der Waals surface area contributed by atoms with Crippen LogP contribution in [0.5, 0.6) is 0 Å². The van der Waals surface area contributed by atoms with Crippen molar-refractivity contribution >= 4 is 10.2 Å². The van der Waals surface area contributed by atoms with Crippen molar-refractivity contribution in [3.63, 3.8) is 0 Å². The van der Waals surface area contributed by atoms with Crippen molar-refractivity contribution in [1.29, 1.82) is 0 Å². The Balaban J connectivity index is 3.83. The van der Waals surface area contributed by atoms with Crippen LogP contribution in [-0.4, -0.2) is 46.5 Å². The highest BCUT2D eigenvalue weighted by Crippen LogP contribution is 1.94. The van der Waals surface area contributed by atoms with Gasteiger partial charge in [0.15, 0.2) is 0 Å². The van der Waals surface area contributed by atoms with Gasteiger partial charge in [0.1, 0.15) is 0 Å². The molecule has 86 valence electrons. The van der Waals surface area contributed by atoms with Crippen LogP contribution >= 0.6 is 0 Å². The summed E-state index contributed by atoms with van der Waals surface area (Å²) in [7, 11) is 0.185. The molecule has 0 aromatic rings. The van der Waals surface area contributed by atoms with Gasteiger partial charge in [-0.15, -0.1) is 0 Å². The molecular formula is C8H21N3O2S. The molecule has 0 aliphatic rings. The van der Waals surface area contributed by atoms with E-state index in [1.807, 2.05) is 14.0 Å². The number of nitrogens with zero attached hydrogens (tertiary/aromatic N) is 1. The molecule has 0 rings (SSSR count). The van der Waals surface area contributed by atoms with Gasteiger partial charge in [-0.3, -0.25) is 0 Å². The molecule has 0 spiro atoms. The van der Waals surface area contributed by atoms with Crippen LogP contribution in [-0.2, 0) is 10.2 Å². The van der Waals surface area contributed by atoms with Crippen molar-refractivity contribution < 1.29 is 8.42 Å². The molecule has 0 aliphatic carbocycles. The number of hydrogen-bond donors (Lipinski definition) is 2. The van der Waals surface area contributed by atoms with E-state index in [0.717, 1.165) is 19.4 Å². The van der Waals surface area contributed by atoms with Crippen LogP contribution in [0.3, 0.4) is 0 Å². The molecule has 0 aliphatic heterocycles. The first kappa shape index (κ1) is 13.8. The average molecular weight is 223 g/mol. The third-order valence-corrected chi connectivity index (χ3v) is 3.41. The first-order valence-electron chi connectivity index (χ1n) is 4.90. The van der Waals surface area contributed by atoms with Gasteiger partial charge in [0.2, 0.25) is 0 Å². The summed E-state index contributed by atoms with van der Waals surface area (Å²) in [6.45, 7) is 3.81. The van der Waals surface area contributed by atoms with Crippen molar-refractivity contribution in [2.45, 2.75) is 19.8 Å². The van der Waals surface area contributed by atoms with Crippen molar-refractivity contribution in [3.05, 3.63) is 0 Å². The monoisotopic (exact) mass is 223 g/mol. The highest BCUT2D eigenvalue weighted by atomic mass is 32.2. The van der Waals surface area contributed by atoms with Crippen LogP contribution in [0.15, 0.2) is 0 Å². The van der Waals surface area contributed by atoms with Crippen molar-refractivity contribution in [3.8, 4) is 0 Å². The van der Waals surface area contributed by atoms with Crippen molar-refractivity contribution in [2.24, 2.45) is 0 Å². The normalized spacial score (nSPS) is 12.3. The molecule has 0 fully saturated rings. The average Bonchev–Trinajstić information content (AvgIpc) is 2.13. The maximum atomic E-state index is 11.5. The lowest BCUT2D eigenvalue weighted by Gasteiger charge is -2.16. The van der Waals surface area contributed by atoms with Gasteiger partial charge in [0, 0.05) is 20.1 Å². The zero-order valence-corrected chi connectivity index (χ0v) is 10.0. The van der Waals surface area contributed by atoms with Crippen LogP contribution in [0.2, 0.25) is 0 Å². The van der Waals surface area contributed by atoms with Crippen LogP contribution in [0.1, 0.15) is 19.8 Å². The molecule has 0 amide bonds. The van der Waals surface area contributed by atoms with E-state index in [4.69, 9.17) is 0 Å². The molecule has 0 aromatic carbocycles. The van der Waals surface area contributed by atoms with Gasteiger partial charge in [0.25, 0.3) is 10.2 Å². The Bertz CT molecular complexity index is 229. The van der Waals surface area contributed by atoms with Crippen LogP contribution in [0.4, 0.5) is 0 Å². The fourth-order valence-corrected chi connectivity index (χ4v) is 2.06. The maximum Gasteiger partial charge on any atom is 0.279 e. The SMILES string of the molecule is CCCN(C)S(=O)(=O)NCCCNC. The predicted molar refractivity (Wildman–Crippen MR) is 58.4 cm³/mol. The zero-order chi connectivity index (χ0) is 11.0. The standard InChI is InChI=1S/C8H21N3O2S/c1-4-8-11(3)14(12,13)10-7-5-6-9-2/h9-10H,4-8H2,1-3H3. The van der Waals surface area contributed by atoms with E-state index in [-0.39, 0.29) is 0 Å². The van der Waals surface area contributed by atoms with Crippen LogP contribution < -0.4 is 10.0 Å². The highest BCUT2D eigenvalue weighted by molar-refractivity contribution is 7.87. The van der Waals surface area contributed by atoms with Gasteiger partial charge in [-0.2, -0.15) is 12.7 Å². The largest absolute Gasteiger partial charge is 0.320 e. The Hall–Kier alpha value is -0.170. The Labute approximate surface area is 87.0 Å². The second-order valence-corrected chi connectivity index (χ2v) is 5.04. The molecule has 0 heterocycles. The molecule has 0 radical (unpaired) electrons.